The van der Waals surface area contributed by atoms with E-state index in [1.807, 2.05) is 0 Å². The second-order valence-corrected chi connectivity index (χ2v) is 5.20. The molecule has 0 aromatic heterocycles. The molecule has 0 aliphatic rings. The van der Waals surface area contributed by atoms with Gasteiger partial charge in [0.2, 0.25) is 5.91 Å². The van der Waals surface area contributed by atoms with Crippen LogP contribution in [0.3, 0.4) is 0 Å². The molecule has 3 nitrogen and oxygen atoms in total. The van der Waals surface area contributed by atoms with Gasteiger partial charge in [-0.15, -0.1) is 0 Å². The van der Waals surface area contributed by atoms with Crippen LogP contribution in [0.15, 0.2) is 42.5 Å². The predicted molar refractivity (Wildman–Crippen MR) is 76.3 cm³/mol. The highest BCUT2D eigenvalue weighted by atomic mass is 19.4. The van der Waals surface area contributed by atoms with Crippen LogP contribution in [0.5, 0.6) is 11.5 Å². The number of amides is 1. The van der Waals surface area contributed by atoms with E-state index in [0.717, 1.165) is 30.3 Å². The standard InChI is InChI=1S/C16H10F7NO2/c17-11-7-9(14(24)25)3-6-12(11)26-10-4-1-8(2-5-10)13(15(18,19)20)16(21,22)23/h1-7,13H,(H2,24,25). The van der Waals surface area contributed by atoms with E-state index in [1.165, 1.54) is 0 Å². The zero-order valence-corrected chi connectivity index (χ0v) is 12.7. The fraction of sp³-hybridized carbons (Fsp3) is 0.188. The molecule has 0 bridgehead atoms. The van der Waals surface area contributed by atoms with Crippen LogP contribution in [0.2, 0.25) is 0 Å². The molecule has 0 aliphatic heterocycles. The number of ether oxygens (including phenoxy) is 1. The minimum Gasteiger partial charge on any atom is -0.454 e. The van der Waals surface area contributed by atoms with Crippen molar-refractivity contribution in [1.29, 1.82) is 0 Å². The summed E-state index contributed by atoms with van der Waals surface area (Å²) in [5.74, 6) is -6.08. The number of carbonyl (C=O) groups is 1. The molecular formula is C16H10F7NO2. The third-order valence-electron chi connectivity index (χ3n) is 3.31. The number of hydrogen-bond acceptors (Lipinski definition) is 2. The minimum absolute atomic E-state index is 0.136. The lowest BCUT2D eigenvalue weighted by atomic mass is 9.98. The van der Waals surface area contributed by atoms with Crippen LogP contribution in [-0.4, -0.2) is 18.3 Å². The molecule has 0 radical (unpaired) electrons. The number of nitrogens with two attached hydrogens (primary N) is 1. The molecule has 10 heteroatoms. The molecule has 1 amide bonds. The zero-order valence-electron chi connectivity index (χ0n) is 12.7. The van der Waals surface area contributed by atoms with Crippen LogP contribution in [0.25, 0.3) is 0 Å². The van der Waals surface area contributed by atoms with Crippen molar-refractivity contribution < 1.29 is 40.3 Å². The molecule has 2 aromatic carbocycles. The van der Waals surface area contributed by atoms with Gasteiger partial charge in [0.15, 0.2) is 17.5 Å². The highest BCUT2D eigenvalue weighted by Crippen LogP contribution is 2.46. The van der Waals surface area contributed by atoms with Gasteiger partial charge in [-0.3, -0.25) is 4.79 Å². The number of hydrogen-bond donors (Lipinski definition) is 1. The lowest BCUT2D eigenvalue weighted by Gasteiger charge is -2.23. The molecule has 2 rings (SSSR count). The summed E-state index contributed by atoms with van der Waals surface area (Å²) in [6, 6.07) is 5.88. The lowest BCUT2D eigenvalue weighted by Crippen LogP contribution is -2.34. The summed E-state index contributed by atoms with van der Waals surface area (Å²) < 4.78 is 94.8. The monoisotopic (exact) mass is 381 g/mol. The van der Waals surface area contributed by atoms with E-state index in [1.54, 1.807) is 0 Å². The first-order valence-electron chi connectivity index (χ1n) is 6.90. The molecule has 0 saturated carbocycles. The average Bonchev–Trinajstić information content (AvgIpc) is 2.48. The quantitative estimate of drug-likeness (QED) is 0.764. The molecule has 26 heavy (non-hydrogen) atoms. The van der Waals surface area contributed by atoms with Gasteiger partial charge in [0, 0.05) is 5.56 Å². The number of halogens is 7. The van der Waals surface area contributed by atoms with Gasteiger partial charge in [-0.05, 0) is 35.9 Å². The van der Waals surface area contributed by atoms with Crippen LogP contribution in [0.4, 0.5) is 30.7 Å². The molecule has 2 N–H and O–H groups in total. The van der Waals surface area contributed by atoms with Gasteiger partial charge in [-0.25, -0.2) is 4.39 Å². The molecule has 0 aliphatic carbocycles. The summed E-state index contributed by atoms with van der Waals surface area (Å²) in [6.07, 6.45) is -11.0. The van der Waals surface area contributed by atoms with Gasteiger partial charge in [0.05, 0.1) is 0 Å². The Morgan fingerprint density at radius 3 is 1.88 bits per heavy atom. The molecule has 0 heterocycles. The molecule has 140 valence electrons. The van der Waals surface area contributed by atoms with E-state index in [9.17, 15) is 35.5 Å². The van der Waals surface area contributed by atoms with Crippen LogP contribution < -0.4 is 10.5 Å². The number of rotatable bonds is 4. The number of alkyl halides is 6. The Bertz CT molecular complexity index is 784. The Kier molecular flexibility index (Phi) is 5.15. The van der Waals surface area contributed by atoms with E-state index >= 15 is 0 Å². The number of benzene rings is 2. The lowest BCUT2D eigenvalue weighted by molar-refractivity contribution is -0.253. The van der Waals surface area contributed by atoms with Crippen molar-refractivity contribution in [3.63, 3.8) is 0 Å². The molecule has 0 unspecified atom stereocenters. The molecular weight excluding hydrogens is 371 g/mol. The first kappa shape index (κ1) is 19.5. The third kappa shape index (κ3) is 4.44. The molecule has 0 saturated heterocycles. The van der Waals surface area contributed by atoms with E-state index in [0.29, 0.717) is 12.1 Å². The summed E-state index contributed by atoms with van der Waals surface area (Å²) in [5, 5.41) is 0. The van der Waals surface area contributed by atoms with Gasteiger partial charge in [0.1, 0.15) is 5.75 Å². The summed E-state index contributed by atoms with van der Waals surface area (Å²) in [7, 11) is 0. The van der Waals surface area contributed by atoms with Crippen molar-refractivity contribution in [2.45, 2.75) is 18.3 Å². The topological polar surface area (TPSA) is 52.3 Å². The fourth-order valence-corrected chi connectivity index (χ4v) is 2.16. The van der Waals surface area contributed by atoms with Gasteiger partial charge in [0.25, 0.3) is 0 Å². The SMILES string of the molecule is NC(=O)c1ccc(Oc2ccc(C(C(F)(F)F)C(F)(F)F)cc2)c(F)c1. The van der Waals surface area contributed by atoms with Gasteiger partial charge in [-0.2, -0.15) is 26.3 Å². The van der Waals surface area contributed by atoms with E-state index in [2.05, 4.69) is 0 Å². The maximum absolute atomic E-state index is 13.8. The number of carbonyl (C=O) groups excluding carboxylic acids is 1. The zero-order chi connectivity index (χ0) is 19.7. The van der Waals surface area contributed by atoms with Crippen LogP contribution in [-0.2, 0) is 0 Å². The predicted octanol–water partition coefficient (Wildman–Crippen LogP) is 4.93. The van der Waals surface area contributed by atoms with Crippen molar-refractivity contribution in [3.8, 4) is 11.5 Å². The maximum Gasteiger partial charge on any atom is 0.404 e. The van der Waals surface area contributed by atoms with Crippen LogP contribution in [0, 0.1) is 5.82 Å². The highest BCUT2D eigenvalue weighted by molar-refractivity contribution is 5.92. The summed E-state index contributed by atoms with van der Waals surface area (Å²) in [6.45, 7) is 0. The molecule has 0 fully saturated rings. The highest BCUT2D eigenvalue weighted by Gasteiger charge is 2.57. The smallest absolute Gasteiger partial charge is 0.404 e. The summed E-state index contributed by atoms with van der Waals surface area (Å²) in [5.41, 5.74) is 3.81. The van der Waals surface area contributed by atoms with Gasteiger partial charge in [-0.1, -0.05) is 12.1 Å². The maximum atomic E-state index is 13.8. The average molecular weight is 381 g/mol. The largest absolute Gasteiger partial charge is 0.454 e. The molecule has 2 aromatic rings. The number of primary amides is 1. The molecule has 0 spiro atoms. The first-order valence-corrected chi connectivity index (χ1v) is 6.90. The van der Waals surface area contributed by atoms with Crippen molar-refractivity contribution in [3.05, 3.63) is 59.4 Å². The fourth-order valence-electron chi connectivity index (χ4n) is 2.16. The van der Waals surface area contributed by atoms with Gasteiger partial charge < -0.3 is 10.5 Å². The van der Waals surface area contributed by atoms with E-state index in [4.69, 9.17) is 10.5 Å². The van der Waals surface area contributed by atoms with Gasteiger partial charge >= 0.3 is 12.4 Å². The Morgan fingerprint density at radius 2 is 1.46 bits per heavy atom. The summed E-state index contributed by atoms with van der Waals surface area (Å²) in [4.78, 5) is 10.9. The third-order valence-corrected chi connectivity index (χ3v) is 3.31. The van der Waals surface area contributed by atoms with E-state index < -0.39 is 35.6 Å². The van der Waals surface area contributed by atoms with Crippen LogP contribution >= 0.6 is 0 Å². The Balaban J connectivity index is 2.26. The van der Waals surface area contributed by atoms with Crippen LogP contribution in [0.1, 0.15) is 21.8 Å². The Hall–Kier alpha value is -2.78. The normalized spacial score (nSPS) is 12.3. The first-order chi connectivity index (χ1) is 11.9. The Labute approximate surface area is 142 Å². The Morgan fingerprint density at radius 1 is 0.923 bits per heavy atom. The summed E-state index contributed by atoms with van der Waals surface area (Å²) >= 11 is 0. The van der Waals surface area contributed by atoms with Crippen molar-refractivity contribution >= 4 is 5.91 Å². The van der Waals surface area contributed by atoms with E-state index in [-0.39, 0.29) is 17.1 Å². The minimum atomic E-state index is -5.52. The molecule has 0 atom stereocenters. The van der Waals surface area contributed by atoms with Crippen molar-refractivity contribution in [2.75, 3.05) is 0 Å². The van der Waals surface area contributed by atoms with Crippen molar-refractivity contribution in [1.82, 2.24) is 0 Å². The second-order valence-electron chi connectivity index (χ2n) is 5.20. The van der Waals surface area contributed by atoms with Crippen molar-refractivity contribution in [2.24, 2.45) is 5.73 Å². The second kappa shape index (κ2) is 6.85.